The van der Waals surface area contributed by atoms with E-state index in [0.717, 1.165) is 15.1 Å². The topological polar surface area (TPSA) is 38.3 Å². The van der Waals surface area contributed by atoms with E-state index in [2.05, 4.69) is 21.2 Å². The quantitative estimate of drug-likeness (QED) is 0.646. The minimum Gasteiger partial charge on any atom is -0.466 e. The van der Waals surface area contributed by atoms with E-state index in [-0.39, 0.29) is 5.97 Å². The van der Waals surface area contributed by atoms with Gasteiger partial charge in [-0.3, -0.25) is 4.79 Å². The van der Waals surface area contributed by atoms with Crippen molar-refractivity contribution in [3.05, 3.63) is 33.3 Å². The molecule has 94 valence electrons. The minimum atomic E-state index is -0.180. The van der Waals surface area contributed by atoms with Crippen molar-refractivity contribution in [2.45, 2.75) is 19.9 Å². The molecule has 3 nitrogen and oxygen atoms in total. The number of rotatable bonds is 6. The fraction of sp³-hybridized carbons (Fsp3) is 0.417. The standard InChI is InChI=1S/C12H15BrClNO2/c1-2-17-12(16)5-6-15-8-9-7-10(13)3-4-11(9)14/h3-4,7,15H,2,5-6,8H2,1H3. The molecule has 0 atom stereocenters. The van der Waals surface area contributed by atoms with Gasteiger partial charge in [-0.25, -0.2) is 0 Å². The molecule has 0 spiro atoms. The molecule has 5 heteroatoms. The molecule has 0 bridgehead atoms. The van der Waals surface area contributed by atoms with Crippen LogP contribution in [0.15, 0.2) is 22.7 Å². The van der Waals surface area contributed by atoms with Gasteiger partial charge in [-0.1, -0.05) is 27.5 Å². The van der Waals surface area contributed by atoms with Crippen LogP contribution in [-0.4, -0.2) is 19.1 Å². The molecular formula is C12H15BrClNO2. The summed E-state index contributed by atoms with van der Waals surface area (Å²) in [6.45, 7) is 3.45. The summed E-state index contributed by atoms with van der Waals surface area (Å²) >= 11 is 9.42. The Morgan fingerprint density at radius 1 is 1.53 bits per heavy atom. The highest BCUT2D eigenvalue weighted by molar-refractivity contribution is 9.10. The van der Waals surface area contributed by atoms with Crippen LogP contribution in [0.4, 0.5) is 0 Å². The van der Waals surface area contributed by atoms with Crippen LogP contribution >= 0.6 is 27.5 Å². The highest BCUT2D eigenvalue weighted by Gasteiger charge is 2.03. The number of carbonyl (C=O) groups excluding carboxylic acids is 1. The van der Waals surface area contributed by atoms with Crippen molar-refractivity contribution in [1.29, 1.82) is 0 Å². The Hall–Kier alpha value is -0.580. The van der Waals surface area contributed by atoms with Crippen molar-refractivity contribution in [3.63, 3.8) is 0 Å². The van der Waals surface area contributed by atoms with Gasteiger partial charge in [-0.2, -0.15) is 0 Å². The predicted octanol–water partition coefficient (Wildman–Crippen LogP) is 3.15. The van der Waals surface area contributed by atoms with Crippen molar-refractivity contribution in [3.8, 4) is 0 Å². The molecule has 1 aromatic rings. The summed E-state index contributed by atoms with van der Waals surface area (Å²) in [5, 5.41) is 3.87. The molecule has 17 heavy (non-hydrogen) atoms. The summed E-state index contributed by atoms with van der Waals surface area (Å²) in [6, 6.07) is 5.69. The Kier molecular flexibility index (Phi) is 6.55. The lowest BCUT2D eigenvalue weighted by Crippen LogP contribution is -2.19. The molecule has 0 radical (unpaired) electrons. The first kappa shape index (κ1) is 14.5. The monoisotopic (exact) mass is 319 g/mol. The Bertz CT molecular complexity index is 385. The minimum absolute atomic E-state index is 0.180. The molecule has 1 aromatic carbocycles. The van der Waals surface area contributed by atoms with E-state index < -0.39 is 0 Å². The van der Waals surface area contributed by atoms with Crippen LogP contribution in [0.3, 0.4) is 0 Å². The summed E-state index contributed by atoms with van der Waals surface area (Å²) < 4.78 is 5.81. The average molecular weight is 321 g/mol. The number of halogens is 2. The molecule has 0 aliphatic heterocycles. The molecule has 1 rings (SSSR count). The van der Waals surface area contributed by atoms with Crippen LogP contribution in [0.1, 0.15) is 18.9 Å². The van der Waals surface area contributed by atoms with E-state index in [4.69, 9.17) is 16.3 Å². The summed E-state index contributed by atoms with van der Waals surface area (Å²) in [4.78, 5) is 11.1. The smallest absolute Gasteiger partial charge is 0.307 e. The van der Waals surface area contributed by atoms with Crippen LogP contribution in [0.5, 0.6) is 0 Å². The Balaban J connectivity index is 2.31. The maximum atomic E-state index is 11.1. The van der Waals surface area contributed by atoms with Crippen molar-refractivity contribution in [1.82, 2.24) is 5.32 Å². The third-order valence-electron chi connectivity index (χ3n) is 2.13. The molecule has 0 saturated carbocycles. The Labute approximate surface area is 115 Å². The lowest BCUT2D eigenvalue weighted by atomic mass is 10.2. The Morgan fingerprint density at radius 3 is 3.00 bits per heavy atom. The third kappa shape index (κ3) is 5.52. The van der Waals surface area contributed by atoms with Gasteiger partial charge in [-0.05, 0) is 30.7 Å². The summed E-state index contributed by atoms with van der Waals surface area (Å²) in [7, 11) is 0. The highest BCUT2D eigenvalue weighted by Crippen LogP contribution is 2.20. The molecule has 0 aliphatic rings. The molecule has 0 saturated heterocycles. The first-order chi connectivity index (χ1) is 8.13. The normalized spacial score (nSPS) is 10.3. The molecule has 0 aromatic heterocycles. The van der Waals surface area contributed by atoms with Crippen LogP contribution in [0.25, 0.3) is 0 Å². The number of carbonyl (C=O) groups is 1. The van der Waals surface area contributed by atoms with Crippen LogP contribution in [-0.2, 0) is 16.1 Å². The summed E-state index contributed by atoms with van der Waals surface area (Å²) in [6.07, 6.45) is 0.374. The molecule has 0 fully saturated rings. The Morgan fingerprint density at radius 2 is 2.29 bits per heavy atom. The summed E-state index contributed by atoms with van der Waals surface area (Å²) in [5.41, 5.74) is 1.00. The average Bonchev–Trinajstić information content (AvgIpc) is 2.29. The zero-order valence-corrected chi connectivity index (χ0v) is 12.0. The first-order valence-corrected chi connectivity index (χ1v) is 6.61. The van der Waals surface area contributed by atoms with Gasteiger partial charge in [-0.15, -0.1) is 0 Å². The highest BCUT2D eigenvalue weighted by atomic mass is 79.9. The number of nitrogens with one attached hydrogen (secondary N) is 1. The lowest BCUT2D eigenvalue weighted by Gasteiger charge is -2.07. The van der Waals surface area contributed by atoms with Gasteiger partial charge in [0.1, 0.15) is 0 Å². The number of hydrogen-bond donors (Lipinski definition) is 1. The van der Waals surface area contributed by atoms with Gasteiger partial charge < -0.3 is 10.1 Å². The third-order valence-corrected chi connectivity index (χ3v) is 3.00. The van der Waals surface area contributed by atoms with Crippen LogP contribution < -0.4 is 5.32 Å². The largest absolute Gasteiger partial charge is 0.466 e. The van der Waals surface area contributed by atoms with E-state index in [0.29, 0.717) is 26.1 Å². The van der Waals surface area contributed by atoms with Crippen LogP contribution in [0, 0.1) is 0 Å². The second kappa shape index (κ2) is 7.69. The maximum absolute atomic E-state index is 11.1. The first-order valence-electron chi connectivity index (χ1n) is 5.43. The van der Waals surface area contributed by atoms with Gasteiger partial charge in [0.25, 0.3) is 0 Å². The molecule has 0 aliphatic carbocycles. The maximum Gasteiger partial charge on any atom is 0.307 e. The van der Waals surface area contributed by atoms with Gasteiger partial charge >= 0.3 is 5.97 Å². The molecule has 0 heterocycles. The van der Waals surface area contributed by atoms with Gasteiger partial charge in [0.05, 0.1) is 13.0 Å². The van der Waals surface area contributed by atoms with E-state index in [1.807, 2.05) is 18.2 Å². The number of esters is 1. The second-order valence-electron chi connectivity index (χ2n) is 3.47. The van der Waals surface area contributed by atoms with Gasteiger partial charge in [0.2, 0.25) is 0 Å². The van der Waals surface area contributed by atoms with E-state index in [1.54, 1.807) is 6.92 Å². The molecule has 0 unspecified atom stereocenters. The van der Waals surface area contributed by atoms with E-state index in [1.165, 1.54) is 0 Å². The molecule has 1 N–H and O–H groups in total. The number of benzene rings is 1. The second-order valence-corrected chi connectivity index (χ2v) is 4.79. The fourth-order valence-corrected chi connectivity index (χ4v) is 1.92. The van der Waals surface area contributed by atoms with Crippen molar-refractivity contribution in [2.75, 3.05) is 13.2 Å². The van der Waals surface area contributed by atoms with Gasteiger partial charge in [0, 0.05) is 22.6 Å². The van der Waals surface area contributed by atoms with Crippen molar-refractivity contribution < 1.29 is 9.53 Å². The van der Waals surface area contributed by atoms with E-state index >= 15 is 0 Å². The van der Waals surface area contributed by atoms with Crippen LogP contribution in [0.2, 0.25) is 5.02 Å². The zero-order chi connectivity index (χ0) is 12.7. The lowest BCUT2D eigenvalue weighted by molar-refractivity contribution is -0.142. The fourth-order valence-electron chi connectivity index (χ4n) is 1.33. The number of ether oxygens (including phenoxy) is 1. The van der Waals surface area contributed by atoms with E-state index in [9.17, 15) is 4.79 Å². The number of hydrogen-bond acceptors (Lipinski definition) is 3. The zero-order valence-electron chi connectivity index (χ0n) is 9.63. The summed E-state index contributed by atoms with van der Waals surface area (Å²) in [5.74, 6) is -0.180. The predicted molar refractivity (Wildman–Crippen MR) is 72.1 cm³/mol. The molecule has 0 amide bonds. The molecular weight excluding hydrogens is 305 g/mol. The van der Waals surface area contributed by atoms with Crippen molar-refractivity contribution in [2.24, 2.45) is 0 Å². The van der Waals surface area contributed by atoms with Gasteiger partial charge in [0.15, 0.2) is 0 Å². The van der Waals surface area contributed by atoms with Crippen molar-refractivity contribution >= 4 is 33.5 Å². The SMILES string of the molecule is CCOC(=O)CCNCc1cc(Br)ccc1Cl.